The maximum atomic E-state index is 12.7. The Morgan fingerprint density at radius 2 is 2.08 bits per heavy atom. The Balaban J connectivity index is 2.28. The zero-order valence-corrected chi connectivity index (χ0v) is 13.6. The number of aromatic nitrogens is 1. The zero-order chi connectivity index (χ0) is 17.7. The van der Waals surface area contributed by atoms with Crippen molar-refractivity contribution in [3.8, 4) is 5.75 Å². The fourth-order valence-corrected chi connectivity index (χ4v) is 2.23. The molecule has 1 N–H and O–H groups in total. The first-order valence-electron chi connectivity index (χ1n) is 7.15. The normalized spacial score (nSPS) is 16.2. The van der Waals surface area contributed by atoms with E-state index in [-0.39, 0.29) is 17.6 Å². The lowest BCUT2D eigenvalue weighted by Crippen LogP contribution is -2.53. The molecule has 0 saturated heterocycles. The van der Waals surface area contributed by atoms with Gasteiger partial charge in [0, 0.05) is 25.9 Å². The van der Waals surface area contributed by atoms with Crippen molar-refractivity contribution in [2.45, 2.75) is 13.1 Å². The van der Waals surface area contributed by atoms with Crippen LogP contribution in [-0.4, -0.2) is 62.0 Å². The van der Waals surface area contributed by atoms with Crippen LogP contribution in [0.4, 0.5) is 4.79 Å². The highest BCUT2D eigenvalue weighted by atomic mass is 16.8. The van der Waals surface area contributed by atoms with E-state index in [1.807, 2.05) is 0 Å². The molecule has 10 heteroatoms. The number of fused-ring (bicyclic) bond motifs is 1. The lowest BCUT2D eigenvalue weighted by molar-refractivity contribution is 0.0134. The van der Waals surface area contributed by atoms with E-state index in [1.54, 1.807) is 6.92 Å². The van der Waals surface area contributed by atoms with Gasteiger partial charge >= 0.3 is 6.16 Å². The molecule has 0 saturated carbocycles. The summed E-state index contributed by atoms with van der Waals surface area (Å²) in [5.41, 5.74) is 2.55. The Labute approximate surface area is 137 Å². The van der Waals surface area contributed by atoms with Gasteiger partial charge in [-0.1, -0.05) is 0 Å². The monoisotopic (exact) mass is 341 g/mol. The van der Waals surface area contributed by atoms with Crippen molar-refractivity contribution < 1.29 is 28.5 Å². The van der Waals surface area contributed by atoms with Crippen LogP contribution in [0.2, 0.25) is 0 Å². The number of amides is 1. The second kappa shape index (κ2) is 7.68. The Morgan fingerprint density at radius 3 is 2.75 bits per heavy atom. The van der Waals surface area contributed by atoms with E-state index in [1.165, 1.54) is 28.9 Å². The Morgan fingerprint density at radius 1 is 1.33 bits per heavy atom. The molecule has 2 rings (SSSR count). The summed E-state index contributed by atoms with van der Waals surface area (Å²) in [6.45, 7) is 1.93. The summed E-state index contributed by atoms with van der Waals surface area (Å²) in [6, 6.07) is 1.24. The number of ether oxygens (including phenoxy) is 4. The van der Waals surface area contributed by atoms with Gasteiger partial charge in [-0.05, 0) is 6.92 Å². The van der Waals surface area contributed by atoms with E-state index in [9.17, 15) is 14.4 Å². The van der Waals surface area contributed by atoms with E-state index in [2.05, 4.69) is 14.9 Å². The van der Waals surface area contributed by atoms with Crippen LogP contribution in [0.1, 0.15) is 17.4 Å². The first-order valence-corrected chi connectivity index (χ1v) is 7.15. The number of carbonyl (C=O) groups is 2. The largest absolute Gasteiger partial charge is 0.510 e. The second-order valence-corrected chi connectivity index (χ2v) is 4.88. The highest BCUT2D eigenvalue weighted by Crippen LogP contribution is 2.20. The van der Waals surface area contributed by atoms with Gasteiger partial charge in [-0.3, -0.25) is 14.3 Å². The molecule has 0 bridgehead atoms. The third kappa shape index (κ3) is 3.59. The Bertz CT molecular complexity index is 673. The topological polar surface area (TPSA) is 108 Å². The molecule has 24 heavy (non-hydrogen) atoms. The molecule has 1 aliphatic heterocycles. The van der Waals surface area contributed by atoms with Gasteiger partial charge in [0.2, 0.25) is 18.0 Å². The van der Waals surface area contributed by atoms with Crippen molar-refractivity contribution >= 4 is 12.1 Å². The minimum Gasteiger partial charge on any atom is -0.451 e. The van der Waals surface area contributed by atoms with Gasteiger partial charge in [0.05, 0.1) is 13.7 Å². The van der Waals surface area contributed by atoms with Crippen molar-refractivity contribution in [2.24, 2.45) is 0 Å². The van der Waals surface area contributed by atoms with Crippen molar-refractivity contribution in [1.29, 1.82) is 0 Å². The van der Waals surface area contributed by atoms with Crippen molar-refractivity contribution in [3.05, 3.63) is 28.2 Å². The maximum absolute atomic E-state index is 12.7. The highest BCUT2D eigenvalue weighted by molar-refractivity contribution is 5.96. The molecule has 1 aromatic heterocycles. The molecular formula is C14H19N3O7. The minimum absolute atomic E-state index is 0.0187. The lowest BCUT2D eigenvalue weighted by atomic mass is 10.2. The summed E-state index contributed by atoms with van der Waals surface area (Å²) in [7, 11) is 2.67. The van der Waals surface area contributed by atoms with E-state index in [0.29, 0.717) is 13.2 Å². The predicted molar refractivity (Wildman–Crippen MR) is 81.4 cm³/mol. The van der Waals surface area contributed by atoms with Crippen LogP contribution in [-0.2, 0) is 14.2 Å². The van der Waals surface area contributed by atoms with E-state index >= 15 is 0 Å². The molecule has 1 amide bonds. The van der Waals surface area contributed by atoms with Crippen LogP contribution in [0, 0.1) is 0 Å². The molecule has 0 aromatic carbocycles. The summed E-state index contributed by atoms with van der Waals surface area (Å²) >= 11 is 0. The minimum atomic E-state index is -0.959. The number of carbonyl (C=O) groups excluding carboxylic acids is 2. The van der Waals surface area contributed by atoms with E-state index in [4.69, 9.17) is 9.47 Å². The number of hydrogen-bond donors (Lipinski definition) is 1. The van der Waals surface area contributed by atoms with Crippen LogP contribution >= 0.6 is 0 Å². The van der Waals surface area contributed by atoms with Gasteiger partial charge in [-0.15, -0.1) is 0 Å². The quantitative estimate of drug-likeness (QED) is 0.567. The van der Waals surface area contributed by atoms with Crippen LogP contribution in [0.15, 0.2) is 17.1 Å². The molecule has 0 unspecified atom stereocenters. The third-order valence-electron chi connectivity index (χ3n) is 3.39. The molecule has 10 nitrogen and oxygen atoms in total. The molecule has 0 spiro atoms. The Kier molecular flexibility index (Phi) is 5.64. The zero-order valence-electron chi connectivity index (χ0n) is 13.6. The number of methoxy groups -OCH3 is 2. The smallest absolute Gasteiger partial charge is 0.451 e. The molecular weight excluding hydrogens is 322 g/mol. The van der Waals surface area contributed by atoms with Crippen LogP contribution in [0.25, 0.3) is 0 Å². The van der Waals surface area contributed by atoms with Crippen LogP contribution in [0.5, 0.6) is 5.75 Å². The SMILES string of the molecule is COCCN1C(=O)c2c(OCOC(=O)OC)c(=O)ccn2N[C@@H]1C. The average molecular weight is 341 g/mol. The summed E-state index contributed by atoms with van der Waals surface area (Å²) in [4.78, 5) is 37.2. The Hall–Kier alpha value is -2.75. The molecule has 0 radical (unpaired) electrons. The average Bonchev–Trinajstić information content (AvgIpc) is 2.56. The summed E-state index contributed by atoms with van der Waals surface area (Å²) < 4.78 is 20.5. The summed E-state index contributed by atoms with van der Waals surface area (Å²) in [6.07, 6.45) is 0.176. The van der Waals surface area contributed by atoms with E-state index in [0.717, 1.165) is 7.11 Å². The number of pyridine rings is 1. The highest BCUT2D eigenvalue weighted by Gasteiger charge is 2.32. The van der Waals surface area contributed by atoms with Gasteiger partial charge in [0.1, 0.15) is 6.17 Å². The maximum Gasteiger partial charge on any atom is 0.510 e. The number of hydrogen-bond acceptors (Lipinski definition) is 8. The first kappa shape index (κ1) is 17.6. The molecule has 1 aromatic rings. The lowest BCUT2D eigenvalue weighted by Gasteiger charge is -2.37. The van der Waals surface area contributed by atoms with Crippen molar-refractivity contribution in [1.82, 2.24) is 9.58 Å². The molecule has 1 aliphatic rings. The molecule has 1 atom stereocenters. The third-order valence-corrected chi connectivity index (χ3v) is 3.39. The summed E-state index contributed by atoms with van der Waals surface area (Å²) in [5.74, 6) is -0.614. The van der Waals surface area contributed by atoms with Gasteiger partial charge in [-0.2, -0.15) is 0 Å². The fraction of sp³-hybridized carbons (Fsp3) is 0.500. The fourth-order valence-electron chi connectivity index (χ4n) is 2.23. The number of rotatable bonds is 6. The number of nitrogens with one attached hydrogen (secondary N) is 1. The number of nitrogens with zero attached hydrogens (tertiary/aromatic N) is 2. The van der Waals surface area contributed by atoms with Gasteiger partial charge < -0.3 is 29.3 Å². The molecule has 132 valence electrons. The van der Waals surface area contributed by atoms with Gasteiger partial charge in [0.15, 0.2) is 5.69 Å². The standard InChI is InChI=1S/C14H19N3O7/c1-9-15-17-5-4-10(18)12(23-8-24-14(20)22-3)11(17)13(19)16(9)6-7-21-2/h4-5,9,15H,6-8H2,1-3H3/t9-/m0/s1. The van der Waals surface area contributed by atoms with Crippen LogP contribution < -0.4 is 15.6 Å². The van der Waals surface area contributed by atoms with Gasteiger partial charge in [0.25, 0.3) is 5.91 Å². The summed E-state index contributed by atoms with van der Waals surface area (Å²) in [5, 5.41) is 0. The van der Waals surface area contributed by atoms with E-state index < -0.39 is 24.3 Å². The first-order chi connectivity index (χ1) is 11.5. The second-order valence-electron chi connectivity index (χ2n) is 4.88. The molecule has 0 fully saturated rings. The molecule has 0 aliphatic carbocycles. The van der Waals surface area contributed by atoms with Crippen LogP contribution in [0.3, 0.4) is 0 Å². The predicted octanol–water partition coefficient (Wildman–Crippen LogP) is -0.0407. The molecule has 2 heterocycles. The van der Waals surface area contributed by atoms with Crippen molar-refractivity contribution in [3.63, 3.8) is 0 Å². The van der Waals surface area contributed by atoms with Crippen molar-refractivity contribution in [2.75, 3.05) is 39.6 Å². The van der Waals surface area contributed by atoms with Gasteiger partial charge in [-0.25, -0.2) is 4.79 Å².